The van der Waals surface area contributed by atoms with Gasteiger partial charge in [0.1, 0.15) is 11.4 Å². The van der Waals surface area contributed by atoms with Gasteiger partial charge in [-0.2, -0.15) is 0 Å². The van der Waals surface area contributed by atoms with Gasteiger partial charge in [-0.25, -0.2) is 0 Å². The highest BCUT2D eigenvalue weighted by molar-refractivity contribution is 6.33. The van der Waals surface area contributed by atoms with Crippen LogP contribution in [0.3, 0.4) is 0 Å². The zero-order chi connectivity index (χ0) is 27.1. The second-order valence-corrected chi connectivity index (χ2v) is 9.62. The molecular weight excluding hydrogens is 512 g/mol. The Hall–Kier alpha value is -5.01. The van der Waals surface area contributed by atoms with Crippen LogP contribution in [0.2, 0.25) is 5.02 Å². The Labute approximate surface area is 227 Å². The summed E-state index contributed by atoms with van der Waals surface area (Å²) in [5.41, 5.74) is 2.48. The summed E-state index contributed by atoms with van der Waals surface area (Å²) >= 11 is 6.31. The number of anilines is 1. The van der Waals surface area contributed by atoms with Crippen molar-refractivity contribution in [1.82, 2.24) is 4.98 Å². The molecule has 0 saturated heterocycles. The number of azo groups is 1. The Morgan fingerprint density at radius 2 is 1.62 bits per heavy atom. The van der Waals surface area contributed by atoms with Crippen LogP contribution < -0.4 is 10.9 Å². The maximum absolute atomic E-state index is 13.4. The van der Waals surface area contributed by atoms with Crippen molar-refractivity contribution >= 4 is 67.0 Å². The van der Waals surface area contributed by atoms with E-state index in [-0.39, 0.29) is 22.6 Å². The normalized spacial score (nSPS) is 11.5. The van der Waals surface area contributed by atoms with Crippen molar-refractivity contribution in [3.63, 3.8) is 0 Å². The first kappa shape index (κ1) is 24.3. The van der Waals surface area contributed by atoms with Gasteiger partial charge < -0.3 is 15.4 Å². The van der Waals surface area contributed by atoms with Gasteiger partial charge in [-0.1, -0.05) is 66.2 Å². The fourth-order valence-corrected chi connectivity index (χ4v) is 4.92. The molecule has 1 heterocycles. The fourth-order valence-electron chi connectivity index (χ4n) is 4.65. The second-order valence-electron chi connectivity index (χ2n) is 9.21. The van der Waals surface area contributed by atoms with Gasteiger partial charge in [0.15, 0.2) is 5.75 Å². The number of aromatic amines is 1. The SMILES string of the molecule is Cc1ccc(N=Nc2c(O)c(C(=O)Nc3ccc4c(c3)c(=O)[nH]c3ccccc34)cc3ccccc23)c(Cl)c1. The summed E-state index contributed by atoms with van der Waals surface area (Å²) < 4.78 is 0. The van der Waals surface area contributed by atoms with Crippen LogP contribution >= 0.6 is 11.6 Å². The Kier molecular flexibility index (Phi) is 6.05. The number of amides is 1. The first-order chi connectivity index (χ1) is 18.9. The molecule has 190 valence electrons. The molecule has 0 fully saturated rings. The molecule has 0 unspecified atom stereocenters. The third kappa shape index (κ3) is 4.49. The highest BCUT2D eigenvalue weighted by Crippen LogP contribution is 2.40. The number of carbonyl (C=O) groups is 1. The van der Waals surface area contributed by atoms with E-state index in [9.17, 15) is 14.7 Å². The predicted molar refractivity (Wildman–Crippen MR) is 156 cm³/mol. The Balaban J connectivity index is 1.40. The number of hydrogen-bond donors (Lipinski definition) is 3. The van der Waals surface area contributed by atoms with E-state index in [2.05, 4.69) is 20.5 Å². The zero-order valence-electron chi connectivity index (χ0n) is 20.7. The van der Waals surface area contributed by atoms with Crippen molar-refractivity contribution in [2.24, 2.45) is 10.2 Å². The summed E-state index contributed by atoms with van der Waals surface area (Å²) in [6.45, 7) is 1.92. The van der Waals surface area contributed by atoms with Crippen molar-refractivity contribution in [3.8, 4) is 5.75 Å². The van der Waals surface area contributed by atoms with Gasteiger partial charge in [-0.3, -0.25) is 9.59 Å². The van der Waals surface area contributed by atoms with Gasteiger partial charge >= 0.3 is 0 Å². The fraction of sp³-hybridized carbons (Fsp3) is 0.0323. The molecule has 3 N–H and O–H groups in total. The average Bonchev–Trinajstić information content (AvgIpc) is 2.93. The third-order valence-corrected chi connectivity index (χ3v) is 6.89. The molecule has 5 aromatic carbocycles. The predicted octanol–water partition coefficient (Wildman–Crippen LogP) is 8.17. The molecule has 39 heavy (non-hydrogen) atoms. The number of phenolic OH excluding ortho intramolecular Hbond substituents is 1. The maximum Gasteiger partial charge on any atom is 0.259 e. The van der Waals surface area contributed by atoms with E-state index in [1.165, 1.54) is 0 Å². The minimum absolute atomic E-state index is 0.0187. The number of phenols is 1. The number of aromatic hydroxyl groups is 1. The largest absolute Gasteiger partial charge is 0.505 e. The molecule has 0 radical (unpaired) electrons. The van der Waals surface area contributed by atoms with Crippen LogP contribution in [0.15, 0.2) is 106 Å². The molecule has 0 aliphatic carbocycles. The van der Waals surface area contributed by atoms with E-state index in [0.717, 1.165) is 21.9 Å². The molecule has 0 aliphatic heterocycles. The lowest BCUT2D eigenvalue weighted by atomic mass is 10.0. The third-order valence-electron chi connectivity index (χ3n) is 6.59. The number of para-hydroxylation sites is 1. The Morgan fingerprint density at radius 1 is 0.846 bits per heavy atom. The van der Waals surface area contributed by atoms with Crippen molar-refractivity contribution in [2.45, 2.75) is 6.92 Å². The number of nitrogens with one attached hydrogen (secondary N) is 2. The number of benzene rings is 5. The second kappa shape index (κ2) is 9.70. The van der Waals surface area contributed by atoms with Gasteiger partial charge in [0.05, 0.1) is 10.6 Å². The average molecular weight is 533 g/mol. The minimum Gasteiger partial charge on any atom is -0.505 e. The molecule has 7 nitrogen and oxygen atoms in total. The highest BCUT2D eigenvalue weighted by atomic mass is 35.5. The van der Waals surface area contributed by atoms with Crippen LogP contribution in [-0.4, -0.2) is 16.0 Å². The van der Waals surface area contributed by atoms with Gasteiger partial charge in [-0.15, -0.1) is 10.2 Å². The van der Waals surface area contributed by atoms with Gasteiger partial charge in [-0.05, 0) is 59.7 Å². The van der Waals surface area contributed by atoms with Gasteiger partial charge in [0.2, 0.25) is 0 Å². The lowest BCUT2D eigenvalue weighted by Crippen LogP contribution is -2.13. The lowest BCUT2D eigenvalue weighted by molar-refractivity contribution is 0.102. The number of H-pyrrole nitrogens is 1. The summed E-state index contributed by atoms with van der Waals surface area (Å²) in [6.07, 6.45) is 0. The number of aryl methyl sites for hydroxylation is 1. The molecule has 6 aromatic rings. The summed E-state index contributed by atoms with van der Waals surface area (Å²) in [6, 6.07) is 26.9. The number of hydrogen-bond acceptors (Lipinski definition) is 5. The summed E-state index contributed by atoms with van der Waals surface area (Å²) in [4.78, 5) is 29.0. The van der Waals surface area contributed by atoms with E-state index in [1.807, 2.05) is 55.5 Å². The van der Waals surface area contributed by atoms with E-state index in [0.29, 0.717) is 32.6 Å². The minimum atomic E-state index is -0.556. The standard InChI is InChI=1S/C31H21ClN4O3/c1-17-10-13-27(25(32)14-17)35-36-28-20-7-3-2-6-18(20)15-24(29(28)37)31(39)33-19-11-12-21-22-8-4-5-9-26(22)34-30(38)23(21)16-19/h2-16,37H,1H3,(H,33,39)(H,34,38). The molecule has 0 bridgehead atoms. The van der Waals surface area contributed by atoms with Gasteiger partial charge in [0, 0.05) is 27.4 Å². The maximum atomic E-state index is 13.4. The lowest BCUT2D eigenvalue weighted by Gasteiger charge is -2.12. The molecule has 1 amide bonds. The van der Waals surface area contributed by atoms with Crippen LogP contribution in [0.4, 0.5) is 17.1 Å². The van der Waals surface area contributed by atoms with Gasteiger partial charge in [0.25, 0.3) is 11.5 Å². The number of aromatic nitrogens is 1. The van der Waals surface area contributed by atoms with Crippen LogP contribution in [0, 0.1) is 6.92 Å². The van der Waals surface area contributed by atoms with Crippen LogP contribution in [0.5, 0.6) is 5.75 Å². The number of rotatable bonds is 4. The number of nitrogens with zero attached hydrogens (tertiary/aromatic N) is 2. The molecule has 6 rings (SSSR count). The van der Waals surface area contributed by atoms with Crippen molar-refractivity contribution in [3.05, 3.63) is 117 Å². The van der Waals surface area contributed by atoms with Crippen molar-refractivity contribution in [1.29, 1.82) is 0 Å². The summed E-state index contributed by atoms with van der Waals surface area (Å²) in [7, 11) is 0. The topological polar surface area (TPSA) is 107 Å². The quantitative estimate of drug-likeness (QED) is 0.157. The zero-order valence-corrected chi connectivity index (χ0v) is 21.5. The van der Waals surface area contributed by atoms with E-state index in [4.69, 9.17) is 11.6 Å². The summed E-state index contributed by atoms with van der Waals surface area (Å²) in [5.74, 6) is -0.873. The molecule has 0 atom stereocenters. The van der Waals surface area contributed by atoms with Crippen LogP contribution in [0.25, 0.3) is 32.4 Å². The van der Waals surface area contributed by atoms with Crippen molar-refractivity contribution in [2.75, 3.05) is 5.32 Å². The van der Waals surface area contributed by atoms with Crippen LogP contribution in [-0.2, 0) is 0 Å². The summed E-state index contributed by atoms with van der Waals surface area (Å²) in [5, 5.41) is 26.4. The van der Waals surface area contributed by atoms with E-state index in [1.54, 1.807) is 42.5 Å². The highest BCUT2D eigenvalue weighted by Gasteiger charge is 2.19. The first-order valence-electron chi connectivity index (χ1n) is 12.2. The van der Waals surface area contributed by atoms with E-state index >= 15 is 0 Å². The number of pyridine rings is 1. The smallest absolute Gasteiger partial charge is 0.259 e. The molecule has 0 aliphatic rings. The molecule has 8 heteroatoms. The molecule has 0 saturated carbocycles. The number of halogens is 1. The monoisotopic (exact) mass is 532 g/mol. The van der Waals surface area contributed by atoms with Crippen molar-refractivity contribution < 1.29 is 9.90 Å². The molecular formula is C31H21ClN4O3. The Bertz CT molecular complexity index is 2030. The van der Waals surface area contributed by atoms with Crippen LogP contribution in [0.1, 0.15) is 15.9 Å². The first-order valence-corrected chi connectivity index (χ1v) is 12.6. The molecule has 1 aromatic heterocycles. The Morgan fingerprint density at radius 3 is 2.44 bits per heavy atom. The van der Waals surface area contributed by atoms with E-state index < -0.39 is 5.91 Å². The number of fused-ring (bicyclic) bond motifs is 4. The molecule has 0 spiro atoms. The number of carbonyl (C=O) groups excluding carboxylic acids is 1.